The Hall–Kier alpha value is -1.76. The largest absolute Gasteiger partial charge is 0.573 e. The van der Waals surface area contributed by atoms with Crippen molar-refractivity contribution in [2.45, 2.75) is 51.9 Å². The van der Waals surface area contributed by atoms with E-state index in [1.165, 1.54) is 18.2 Å². The fourth-order valence-corrected chi connectivity index (χ4v) is 3.51. The summed E-state index contributed by atoms with van der Waals surface area (Å²) in [5.74, 6) is -0.342. The van der Waals surface area contributed by atoms with Crippen LogP contribution in [0.25, 0.3) is 0 Å². The molecule has 146 valence electrons. The molecule has 0 bridgehead atoms. The molecule has 4 nitrogen and oxygen atoms in total. The summed E-state index contributed by atoms with van der Waals surface area (Å²) in [6, 6.07) is 6.14. The number of alkyl halides is 3. The number of carbonyl (C=O) groups is 1. The molecular weight excluding hydrogens is 345 g/mol. The van der Waals surface area contributed by atoms with Crippen molar-refractivity contribution in [2.24, 2.45) is 0 Å². The molecule has 1 saturated heterocycles. The van der Waals surface area contributed by atoms with Gasteiger partial charge in [-0.3, -0.25) is 4.79 Å². The average molecular weight is 372 g/mol. The highest BCUT2D eigenvalue weighted by Crippen LogP contribution is 2.24. The Labute approximate surface area is 152 Å². The van der Waals surface area contributed by atoms with Crippen LogP contribution in [0, 0.1) is 0 Å². The standard InChI is InChI=1S/C19H27F3N2O2/c1-3-10-23(4-2)16-8-11-24(12-9-16)18(25)14-15-6-5-7-17(13-15)26-19(20,21)22/h5-7,13,16H,3-4,8-12,14H2,1-2H3. The van der Waals surface area contributed by atoms with E-state index >= 15 is 0 Å². The molecule has 0 spiro atoms. The average Bonchev–Trinajstić information content (AvgIpc) is 2.58. The van der Waals surface area contributed by atoms with E-state index < -0.39 is 6.36 Å². The molecule has 1 heterocycles. The van der Waals surface area contributed by atoms with Crippen molar-refractivity contribution in [3.05, 3.63) is 29.8 Å². The zero-order valence-electron chi connectivity index (χ0n) is 15.4. The Kier molecular flexibility index (Phi) is 7.32. The molecule has 26 heavy (non-hydrogen) atoms. The Balaban J connectivity index is 1.88. The van der Waals surface area contributed by atoms with Crippen LogP contribution < -0.4 is 4.74 Å². The Morgan fingerprint density at radius 1 is 1.27 bits per heavy atom. The first-order valence-corrected chi connectivity index (χ1v) is 9.19. The molecule has 0 atom stereocenters. The second-order valence-electron chi connectivity index (χ2n) is 6.61. The molecular formula is C19H27F3N2O2. The maximum atomic E-state index is 12.5. The van der Waals surface area contributed by atoms with Gasteiger partial charge >= 0.3 is 6.36 Å². The Morgan fingerprint density at radius 2 is 1.96 bits per heavy atom. The lowest BCUT2D eigenvalue weighted by atomic mass is 10.0. The number of hydrogen-bond donors (Lipinski definition) is 0. The molecule has 0 radical (unpaired) electrons. The van der Waals surface area contributed by atoms with Crippen molar-refractivity contribution in [2.75, 3.05) is 26.2 Å². The van der Waals surface area contributed by atoms with E-state index in [1.54, 1.807) is 6.07 Å². The lowest BCUT2D eigenvalue weighted by Crippen LogP contribution is -2.47. The molecule has 0 saturated carbocycles. The lowest BCUT2D eigenvalue weighted by molar-refractivity contribution is -0.274. The molecule has 1 fully saturated rings. The summed E-state index contributed by atoms with van der Waals surface area (Å²) >= 11 is 0. The van der Waals surface area contributed by atoms with Crippen LogP contribution in [0.3, 0.4) is 0 Å². The van der Waals surface area contributed by atoms with Gasteiger partial charge in [-0.15, -0.1) is 13.2 Å². The maximum absolute atomic E-state index is 12.5. The van der Waals surface area contributed by atoms with Crippen LogP contribution in [0.15, 0.2) is 24.3 Å². The van der Waals surface area contributed by atoms with Crippen LogP contribution in [-0.2, 0) is 11.2 Å². The third-order valence-electron chi connectivity index (χ3n) is 4.74. The SMILES string of the molecule is CCCN(CC)C1CCN(C(=O)Cc2cccc(OC(F)(F)F)c2)CC1. The van der Waals surface area contributed by atoms with Crippen LogP contribution in [0.2, 0.25) is 0 Å². The van der Waals surface area contributed by atoms with Gasteiger partial charge < -0.3 is 14.5 Å². The van der Waals surface area contributed by atoms with Gasteiger partial charge in [0, 0.05) is 19.1 Å². The smallest absolute Gasteiger partial charge is 0.406 e. The number of ether oxygens (including phenoxy) is 1. The normalized spacial score (nSPS) is 16.2. The monoisotopic (exact) mass is 372 g/mol. The van der Waals surface area contributed by atoms with Gasteiger partial charge in [0.25, 0.3) is 0 Å². The van der Waals surface area contributed by atoms with E-state index in [0.717, 1.165) is 32.4 Å². The van der Waals surface area contributed by atoms with E-state index in [0.29, 0.717) is 24.7 Å². The molecule has 1 aromatic rings. The summed E-state index contributed by atoms with van der Waals surface area (Å²) in [5, 5.41) is 0. The minimum absolute atomic E-state index is 0.0499. The van der Waals surface area contributed by atoms with Gasteiger partial charge in [-0.2, -0.15) is 0 Å². The predicted octanol–water partition coefficient (Wildman–Crippen LogP) is 3.85. The molecule has 0 unspecified atom stereocenters. The van der Waals surface area contributed by atoms with E-state index in [2.05, 4.69) is 23.5 Å². The third-order valence-corrected chi connectivity index (χ3v) is 4.74. The number of amides is 1. The second-order valence-corrected chi connectivity index (χ2v) is 6.61. The van der Waals surface area contributed by atoms with Crippen LogP contribution in [0.5, 0.6) is 5.75 Å². The fraction of sp³-hybridized carbons (Fsp3) is 0.632. The summed E-state index contributed by atoms with van der Waals surface area (Å²) in [4.78, 5) is 16.8. The van der Waals surface area contributed by atoms with Gasteiger partial charge in [0.1, 0.15) is 5.75 Å². The summed E-state index contributed by atoms with van der Waals surface area (Å²) in [5.41, 5.74) is 0.528. The first-order chi connectivity index (χ1) is 12.3. The van der Waals surface area contributed by atoms with Crippen molar-refractivity contribution in [1.29, 1.82) is 0 Å². The lowest BCUT2D eigenvalue weighted by Gasteiger charge is -2.38. The molecule has 1 aromatic carbocycles. The number of rotatable bonds is 7. The van der Waals surface area contributed by atoms with Gasteiger partial charge in [0.05, 0.1) is 6.42 Å². The number of halogens is 3. The molecule has 0 aliphatic carbocycles. The van der Waals surface area contributed by atoms with Gasteiger partial charge in [-0.05, 0) is 50.0 Å². The van der Waals surface area contributed by atoms with Gasteiger partial charge in [0.2, 0.25) is 5.91 Å². The molecule has 1 aliphatic heterocycles. The third kappa shape index (κ3) is 6.20. The number of hydrogen-bond acceptors (Lipinski definition) is 3. The number of likely N-dealkylation sites (tertiary alicyclic amines) is 1. The van der Waals surface area contributed by atoms with Gasteiger partial charge in [-0.1, -0.05) is 26.0 Å². The van der Waals surface area contributed by atoms with Crippen LogP contribution >= 0.6 is 0 Å². The van der Waals surface area contributed by atoms with E-state index in [4.69, 9.17) is 0 Å². The summed E-state index contributed by atoms with van der Waals surface area (Å²) in [7, 11) is 0. The van der Waals surface area contributed by atoms with E-state index in [-0.39, 0.29) is 18.1 Å². The first-order valence-electron chi connectivity index (χ1n) is 9.19. The van der Waals surface area contributed by atoms with Crippen LogP contribution in [0.1, 0.15) is 38.7 Å². The molecule has 7 heteroatoms. The summed E-state index contributed by atoms with van der Waals surface area (Å²) < 4.78 is 40.8. The Morgan fingerprint density at radius 3 is 2.54 bits per heavy atom. The number of carbonyl (C=O) groups excluding carboxylic acids is 1. The molecule has 2 rings (SSSR count). The number of benzene rings is 1. The fourth-order valence-electron chi connectivity index (χ4n) is 3.51. The van der Waals surface area contributed by atoms with Crippen molar-refractivity contribution in [3.63, 3.8) is 0 Å². The summed E-state index contributed by atoms with van der Waals surface area (Å²) in [6.45, 7) is 7.80. The highest BCUT2D eigenvalue weighted by Gasteiger charge is 2.31. The maximum Gasteiger partial charge on any atom is 0.573 e. The van der Waals surface area contributed by atoms with Crippen molar-refractivity contribution >= 4 is 5.91 Å². The first kappa shape index (κ1) is 20.6. The number of piperidine rings is 1. The van der Waals surface area contributed by atoms with Crippen molar-refractivity contribution < 1.29 is 22.7 Å². The number of nitrogens with zero attached hydrogens (tertiary/aromatic N) is 2. The van der Waals surface area contributed by atoms with Gasteiger partial charge in [-0.25, -0.2) is 0 Å². The highest BCUT2D eigenvalue weighted by atomic mass is 19.4. The Bertz CT molecular complexity index is 584. The van der Waals surface area contributed by atoms with Crippen molar-refractivity contribution in [3.8, 4) is 5.75 Å². The second kappa shape index (κ2) is 9.26. The minimum Gasteiger partial charge on any atom is -0.406 e. The van der Waals surface area contributed by atoms with Gasteiger partial charge in [0.15, 0.2) is 0 Å². The molecule has 0 N–H and O–H groups in total. The summed E-state index contributed by atoms with van der Waals surface area (Å²) in [6.07, 6.45) is -1.64. The predicted molar refractivity (Wildman–Crippen MR) is 94.0 cm³/mol. The van der Waals surface area contributed by atoms with Crippen LogP contribution in [-0.4, -0.2) is 54.3 Å². The highest BCUT2D eigenvalue weighted by molar-refractivity contribution is 5.79. The van der Waals surface area contributed by atoms with Crippen LogP contribution in [0.4, 0.5) is 13.2 Å². The minimum atomic E-state index is -4.73. The zero-order valence-corrected chi connectivity index (χ0v) is 15.4. The quantitative estimate of drug-likeness (QED) is 0.729. The van der Waals surface area contributed by atoms with Crippen molar-refractivity contribution in [1.82, 2.24) is 9.80 Å². The van der Waals surface area contributed by atoms with E-state index in [9.17, 15) is 18.0 Å². The van der Waals surface area contributed by atoms with E-state index in [1.807, 2.05) is 4.90 Å². The molecule has 0 aromatic heterocycles. The molecule has 1 amide bonds. The zero-order chi connectivity index (χ0) is 19.2. The molecule has 1 aliphatic rings. The topological polar surface area (TPSA) is 32.8 Å².